The number of hydrogen-bond acceptors (Lipinski definition) is 4. The number of amides is 1. The van der Waals surface area contributed by atoms with E-state index in [4.69, 9.17) is 4.79 Å². The quantitative estimate of drug-likeness (QED) is 0.700. The first-order chi connectivity index (χ1) is 6.33. The zero-order chi connectivity index (χ0) is 10.4. The van der Waals surface area contributed by atoms with Crippen molar-refractivity contribution in [3.05, 3.63) is 17.1 Å². The fourth-order valence-electron chi connectivity index (χ4n) is 0.426. The van der Waals surface area contributed by atoms with E-state index in [1.54, 1.807) is 23.0 Å². The standard InChI is InChI=1S/C4H11N.C3H3NS.CH3NO/c1-3-5-4-2;1-2-5-3-4-1;2-1-3/h5H,3-4H2,1-2H3;1-3H;1H,(H2,2,3). The Morgan fingerprint density at radius 1 is 1.54 bits per heavy atom. The molecule has 1 aromatic heterocycles. The molecule has 1 rings (SSSR count). The summed E-state index contributed by atoms with van der Waals surface area (Å²) < 4.78 is 0. The van der Waals surface area contributed by atoms with Crippen LogP contribution < -0.4 is 11.1 Å². The number of nitrogens with two attached hydrogens (primary N) is 1. The van der Waals surface area contributed by atoms with Gasteiger partial charge >= 0.3 is 0 Å². The Kier molecular flexibility index (Phi) is 19.3. The Morgan fingerprint density at radius 2 is 2.08 bits per heavy atom. The van der Waals surface area contributed by atoms with Gasteiger partial charge in [0.2, 0.25) is 6.41 Å². The molecular formula is C8H17N3OS. The van der Waals surface area contributed by atoms with Crippen LogP contribution in [-0.2, 0) is 4.79 Å². The van der Waals surface area contributed by atoms with Gasteiger partial charge in [-0.15, -0.1) is 11.3 Å². The van der Waals surface area contributed by atoms with E-state index in [9.17, 15) is 0 Å². The molecule has 0 spiro atoms. The number of nitrogens with zero attached hydrogens (tertiary/aromatic N) is 1. The normalized spacial score (nSPS) is 7.23. The second kappa shape index (κ2) is 17.2. The molecule has 13 heavy (non-hydrogen) atoms. The molecule has 5 heteroatoms. The van der Waals surface area contributed by atoms with Gasteiger partial charge in [-0.05, 0) is 13.1 Å². The smallest absolute Gasteiger partial charge is 0.204 e. The van der Waals surface area contributed by atoms with Gasteiger partial charge in [0, 0.05) is 11.6 Å². The maximum Gasteiger partial charge on any atom is 0.204 e. The molecule has 76 valence electrons. The van der Waals surface area contributed by atoms with Crippen molar-refractivity contribution in [2.24, 2.45) is 5.73 Å². The highest BCUT2D eigenvalue weighted by atomic mass is 32.1. The fourth-order valence-corrected chi connectivity index (χ4v) is 0.777. The van der Waals surface area contributed by atoms with Crippen LogP contribution in [0.4, 0.5) is 0 Å². The second-order valence-electron chi connectivity index (χ2n) is 1.77. The van der Waals surface area contributed by atoms with Crippen molar-refractivity contribution in [3.63, 3.8) is 0 Å². The summed E-state index contributed by atoms with van der Waals surface area (Å²) in [6.45, 7) is 6.39. The first-order valence-electron chi connectivity index (χ1n) is 4.01. The van der Waals surface area contributed by atoms with Crippen molar-refractivity contribution in [1.82, 2.24) is 10.3 Å². The molecule has 1 amide bonds. The van der Waals surface area contributed by atoms with Crippen LogP contribution in [0.3, 0.4) is 0 Å². The van der Waals surface area contributed by atoms with E-state index in [0.29, 0.717) is 0 Å². The molecule has 0 unspecified atom stereocenters. The minimum atomic E-state index is 0.250. The van der Waals surface area contributed by atoms with Gasteiger partial charge in [-0.3, -0.25) is 9.78 Å². The van der Waals surface area contributed by atoms with Crippen molar-refractivity contribution >= 4 is 17.7 Å². The van der Waals surface area contributed by atoms with Crippen molar-refractivity contribution in [2.45, 2.75) is 13.8 Å². The third-order valence-corrected chi connectivity index (χ3v) is 1.37. The zero-order valence-electron chi connectivity index (χ0n) is 8.06. The number of carbonyl (C=O) groups is 1. The Balaban J connectivity index is 0. The highest BCUT2D eigenvalue weighted by Gasteiger charge is 1.62. The van der Waals surface area contributed by atoms with Gasteiger partial charge in [-0.2, -0.15) is 0 Å². The molecular weight excluding hydrogens is 186 g/mol. The van der Waals surface area contributed by atoms with Gasteiger partial charge in [-0.1, -0.05) is 13.8 Å². The van der Waals surface area contributed by atoms with E-state index in [1.807, 2.05) is 5.38 Å². The third kappa shape index (κ3) is 24.7. The van der Waals surface area contributed by atoms with Crippen LogP contribution in [0.1, 0.15) is 13.8 Å². The molecule has 0 atom stereocenters. The molecule has 0 aromatic carbocycles. The predicted molar refractivity (Wildman–Crippen MR) is 56.6 cm³/mol. The van der Waals surface area contributed by atoms with Crippen molar-refractivity contribution in [3.8, 4) is 0 Å². The van der Waals surface area contributed by atoms with Crippen LogP contribution in [0, 0.1) is 0 Å². The van der Waals surface area contributed by atoms with Gasteiger partial charge in [0.1, 0.15) is 0 Å². The average Bonchev–Trinajstić information content (AvgIpc) is 2.64. The number of hydrogen-bond donors (Lipinski definition) is 2. The van der Waals surface area contributed by atoms with Gasteiger partial charge in [0.15, 0.2) is 0 Å². The minimum absolute atomic E-state index is 0.250. The second-order valence-corrected chi connectivity index (χ2v) is 2.52. The van der Waals surface area contributed by atoms with E-state index in [-0.39, 0.29) is 6.41 Å². The SMILES string of the molecule is CCNCC.NC=O.c1cscn1. The van der Waals surface area contributed by atoms with Crippen LogP contribution in [0.2, 0.25) is 0 Å². The summed E-state index contributed by atoms with van der Waals surface area (Å²) in [6.07, 6.45) is 2.02. The van der Waals surface area contributed by atoms with Crippen molar-refractivity contribution < 1.29 is 4.79 Å². The van der Waals surface area contributed by atoms with Crippen LogP contribution in [-0.4, -0.2) is 24.5 Å². The van der Waals surface area contributed by atoms with Crippen molar-refractivity contribution in [1.29, 1.82) is 0 Å². The monoisotopic (exact) mass is 203 g/mol. The van der Waals surface area contributed by atoms with Gasteiger partial charge in [0.05, 0.1) is 5.51 Å². The summed E-state index contributed by atoms with van der Waals surface area (Å²) in [6, 6.07) is 0. The predicted octanol–water partition coefficient (Wildman–Crippen LogP) is 0.860. The lowest BCUT2D eigenvalue weighted by Crippen LogP contribution is -2.09. The maximum atomic E-state index is 8.58. The Labute approximate surface area is 83.2 Å². The molecule has 4 nitrogen and oxygen atoms in total. The molecule has 1 heterocycles. The number of carbonyl (C=O) groups excluding carboxylic acids is 1. The summed E-state index contributed by atoms with van der Waals surface area (Å²) in [5.74, 6) is 0. The first-order valence-corrected chi connectivity index (χ1v) is 4.95. The van der Waals surface area contributed by atoms with E-state index < -0.39 is 0 Å². The fraction of sp³-hybridized carbons (Fsp3) is 0.500. The van der Waals surface area contributed by atoms with Crippen LogP contribution in [0.5, 0.6) is 0 Å². The number of primary amides is 1. The van der Waals surface area contributed by atoms with E-state index >= 15 is 0 Å². The summed E-state index contributed by atoms with van der Waals surface area (Å²) in [4.78, 5) is 12.3. The summed E-state index contributed by atoms with van der Waals surface area (Å²) in [7, 11) is 0. The maximum absolute atomic E-state index is 8.58. The van der Waals surface area contributed by atoms with Crippen molar-refractivity contribution in [2.75, 3.05) is 13.1 Å². The highest BCUT2D eigenvalue weighted by molar-refractivity contribution is 7.07. The zero-order valence-corrected chi connectivity index (χ0v) is 8.88. The van der Waals surface area contributed by atoms with E-state index in [0.717, 1.165) is 13.1 Å². The molecule has 0 saturated carbocycles. The Morgan fingerprint density at radius 3 is 2.15 bits per heavy atom. The van der Waals surface area contributed by atoms with Gasteiger partial charge < -0.3 is 11.1 Å². The molecule has 0 radical (unpaired) electrons. The van der Waals surface area contributed by atoms with Crippen LogP contribution in [0.15, 0.2) is 17.1 Å². The molecule has 0 saturated heterocycles. The molecule has 0 aliphatic heterocycles. The lowest BCUT2D eigenvalue weighted by molar-refractivity contribution is -0.106. The molecule has 0 bridgehead atoms. The van der Waals surface area contributed by atoms with Gasteiger partial charge in [0.25, 0.3) is 0 Å². The average molecular weight is 203 g/mol. The van der Waals surface area contributed by atoms with Gasteiger partial charge in [-0.25, -0.2) is 0 Å². The molecule has 0 aliphatic carbocycles. The Hall–Kier alpha value is -0.940. The van der Waals surface area contributed by atoms with Crippen LogP contribution >= 0.6 is 11.3 Å². The number of aromatic nitrogens is 1. The molecule has 3 N–H and O–H groups in total. The number of nitrogens with one attached hydrogen (secondary N) is 1. The van der Waals surface area contributed by atoms with E-state index in [2.05, 4.69) is 29.9 Å². The molecule has 0 aliphatic rings. The Bertz CT molecular complexity index is 137. The van der Waals surface area contributed by atoms with Crippen LogP contribution in [0.25, 0.3) is 0 Å². The van der Waals surface area contributed by atoms with E-state index in [1.165, 1.54) is 0 Å². The number of rotatable bonds is 2. The first kappa shape index (κ1) is 14.6. The summed E-state index contributed by atoms with van der Waals surface area (Å²) in [5, 5.41) is 5.04. The lowest BCUT2D eigenvalue weighted by Gasteiger charge is -1.86. The number of thiazole rings is 1. The third-order valence-electron chi connectivity index (χ3n) is 0.847. The largest absolute Gasteiger partial charge is 0.372 e. The topological polar surface area (TPSA) is 68.0 Å². The summed E-state index contributed by atoms with van der Waals surface area (Å²) >= 11 is 1.60. The molecule has 0 fully saturated rings. The molecule has 1 aromatic rings. The summed E-state index contributed by atoms with van der Waals surface area (Å²) in [5.41, 5.74) is 5.96. The highest BCUT2D eigenvalue weighted by Crippen LogP contribution is 1.85. The lowest BCUT2D eigenvalue weighted by atomic mass is 10.7. The minimum Gasteiger partial charge on any atom is -0.372 e.